The zero-order valence-electron chi connectivity index (χ0n) is 20.7. The van der Waals surface area contributed by atoms with Crippen molar-refractivity contribution >= 4 is 29.7 Å². The lowest BCUT2D eigenvalue weighted by Gasteiger charge is -2.44. The molecule has 1 heterocycles. The Balaban J connectivity index is 1.70. The van der Waals surface area contributed by atoms with Crippen molar-refractivity contribution in [3.8, 4) is 0 Å². The Hall–Kier alpha value is -3.66. The normalized spacial score (nSPS) is 22.7. The van der Waals surface area contributed by atoms with Gasteiger partial charge in [0, 0.05) is 0 Å². The molecule has 1 aliphatic rings. The van der Waals surface area contributed by atoms with Crippen LogP contribution in [0.15, 0.2) is 91.0 Å². The van der Waals surface area contributed by atoms with Gasteiger partial charge in [0.15, 0.2) is 18.3 Å². The largest absolute Gasteiger partial charge is 0.452 e. The molecule has 0 aliphatic carbocycles. The first kappa shape index (κ1) is 27.4. The predicted molar refractivity (Wildman–Crippen MR) is 141 cm³/mol. The fourth-order valence-electron chi connectivity index (χ4n) is 4.02. The minimum atomic E-state index is -1.27. The van der Waals surface area contributed by atoms with Crippen LogP contribution >= 0.6 is 11.8 Å². The monoisotopic (exact) mass is 536 g/mol. The standard InChI is InChI=1S/C29H28O8S/c1-2-38-29-25(37-28(33)21-16-10-5-11-17-21)24(36-27(32)20-14-8-4-9-15-20)23(22(18-30)34-29)35-26(31)19-12-6-3-7-13-19/h3-17,22-25,29-30H,2,18H2,1H3/t22?,23-,24?,25?,29-/m0/s1. The maximum absolute atomic E-state index is 13.2. The highest BCUT2D eigenvalue weighted by molar-refractivity contribution is 7.99. The highest BCUT2D eigenvalue weighted by Gasteiger charge is 2.52. The molecule has 0 spiro atoms. The summed E-state index contributed by atoms with van der Waals surface area (Å²) in [4.78, 5) is 39.3. The maximum atomic E-state index is 13.2. The lowest BCUT2D eigenvalue weighted by molar-refractivity contribution is -0.207. The highest BCUT2D eigenvalue weighted by Crippen LogP contribution is 2.35. The molecule has 1 saturated heterocycles. The van der Waals surface area contributed by atoms with Crippen LogP contribution in [0.3, 0.4) is 0 Å². The summed E-state index contributed by atoms with van der Waals surface area (Å²) in [7, 11) is 0. The number of thioether (sulfide) groups is 1. The van der Waals surface area contributed by atoms with Crippen LogP contribution in [0.4, 0.5) is 0 Å². The summed E-state index contributed by atoms with van der Waals surface area (Å²) in [6.07, 6.45) is -4.70. The van der Waals surface area contributed by atoms with Gasteiger partial charge in [-0.25, -0.2) is 14.4 Å². The van der Waals surface area contributed by atoms with Crippen molar-refractivity contribution < 1.29 is 38.4 Å². The van der Waals surface area contributed by atoms with Crippen molar-refractivity contribution in [1.29, 1.82) is 0 Å². The molecular weight excluding hydrogens is 508 g/mol. The molecule has 4 rings (SSSR count). The van der Waals surface area contributed by atoms with Crippen molar-refractivity contribution in [3.05, 3.63) is 108 Å². The van der Waals surface area contributed by atoms with Crippen molar-refractivity contribution in [2.24, 2.45) is 0 Å². The van der Waals surface area contributed by atoms with E-state index in [4.69, 9.17) is 18.9 Å². The van der Waals surface area contributed by atoms with Crippen molar-refractivity contribution in [2.45, 2.75) is 36.8 Å². The molecule has 3 unspecified atom stereocenters. The molecule has 0 aromatic heterocycles. The van der Waals surface area contributed by atoms with Crippen LogP contribution in [0.1, 0.15) is 38.0 Å². The van der Waals surface area contributed by atoms with Crippen LogP contribution in [-0.4, -0.2) is 65.2 Å². The molecule has 3 aromatic rings. The number of hydrogen-bond donors (Lipinski definition) is 1. The first-order chi connectivity index (χ1) is 18.5. The molecule has 1 fully saturated rings. The van der Waals surface area contributed by atoms with Crippen LogP contribution in [0, 0.1) is 0 Å². The molecule has 0 saturated carbocycles. The third-order valence-electron chi connectivity index (χ3n) is 5.86. The number of aliphatic hydroxyl groups is 1. The van der Waals surface area contributed by atoms with E-state index in [1.54, 1.807) is 91.0 Å². The van der Waals surface area contributed by atoms with E-state index in [9.17, 15) is 19.5 Å². The molecule has 1 aliphatic heterocycles. The zero-order valence-corrected chi connectivity index (χ0v) is 21.5. The fraction of sp³-hybridized carbons (Fsp3) is 0.276. The van der Waals surface area contributed by atoms with Crippen molar-refractivity contribution in [2.75, 3.05) is 12.4 Å². The molecule has 38 heavy (non-hydrogen) atoms. The van der Waals surface area contributed by atoms with Crippen molar-refractivity contribution in [3.63, 3.8) is 0 Å². The molecule has 9 heteroatoms. The summed E-state index contributed by atoms with van der Waals surface area (Å²) < 4.78 is 23.6. The Morgan fingerprint density at radius 2 is 1.08 bits per heavy atom. The Bertz CT molecular complexity index is 1210. The van der Waals surface area contributed by atoms with Gasteiger partial charge in [0.2, 0.25) is 0 Å². The second-order valence-electron chi connectivity index (χ2n) is 8.39. The average molecular weight is 537 g/mol. The van der Waals surface area contributed by atoms with Gasteiger partial charge in [0.25, 0.3) is 0 Å². The molecule has 1 N–H and O–H groups in total. The first-order valence-electron chi connectivity index (χ1n) is 12.2. The summed E-state index contributed by atoms with van der Waals surface area (Å²) >= 11 is 1.32. The molecule has 0 amide bonds. The van der Waals surface area contributed by atoms with Gasteiger partial charge in [0.1, 0.15) is 11.5 Å². The lowest BCUT2D eigenvalue weighted by atomic mass is 9.98. The minimum absolute atomic E-state index is 0.264. The Morgan fingerprint density at radius 1 is 0.684 bits per heavy atom. The molecule has 0 bridgehead atoms. The SMILES string of the molecule is CCS[C@@H]1OC(CO)[C@H](OC(=O)c2ccccc2)C(OC(=O)c2ccccc2)C1OC(=O)c1ccccc1. The number of carbonyl (C=O) groups is 3. The molecular formula is C29H28O8S. The smallest absolute Gasteiger partial charge is 0.338 e. The van der Waals surface area contributed by atoms with Gasteiger partial charge in [0.05, 0.1) is 23.3 Å². The molecule has 5 atom stereocenters. The fourth-order valence-corrected chi connectivity index (χ4v) is 4.97. The van der Waals surface area contributed by atoms with Crippen molar-refractivity contribution in [1.82, 2.24) is 0 Å². The van der Waals surface area contributed by atoms with Gasteiger partial charge in [-0.05, 0) is 42.2 Å². The second-order valence-corrected chi connectivity index (χ2v) is 9.76. The zero-order chi connectivity index (χ0) is 26.9. The number of aliphatic hydroxyl groups excluding tert-OH is 1. The van der Waals surface area contributed by atoms with Crippen LogP contribution in [0.5, 0.6) is 0 Å². The highest BCUT2D eigenvalue weighted by atomic mass is 32.2. The number of rotatable bonds is 9. The lowest BCUT2D eigenvalue weighted by Crippen LogP contribution is -2.61. The van der Waals surface area contributed by atoms with E-state index in [1.807, 2.05) is 6.92 Å². The molecule has 8 nitrogen and oxygen atoms in total. The van der Waals surface area contributed by atoms with E-state index < -0.39 is 54.4 Å². The van der Waals surface area contributed by atoms with Crippen LogP contribution in [-0.2, 0) is 18.9 Å². The van der Waals surface area contributed by atoms with Crippen LogP contribution in [0.25, 0.3) is 0 Å². The molecule has 0 radical (unpaired) electrons. The van der Waals surface area contributed by atoms with Gasteiger partial charge >= 0.3 is 17.9 Å². The predicted octanol–water partition coefficient (Wildman–Crippen LogP) is 4.13. The van der Waals surface area contributed by atoms with E-state index in [-0.39, 0.29) is 11.1 Å². The Kier molecular flexibility index (Phi) is 9.53. The number of esters is 3. The van der Waals surface area contributed by atoms with Gasteiger partial charge in [-0.3, -0.25) is 0 Å². The maximum Gasteiger partial charge on any atom is 0.338 e. The molecule has 3 aromatic carbocycles. The van der Waals surface area contributed by atoms with Crippen LogP contribution in [0.2, 0.25) is 0 Å². The third-order valence-corrected chi connectivity index (χ3v) is 6.90. The second kappa shape index (κ2) is 13.2. The average Bonchev–Trinajstić information content (AvgIpc) is 2.97. The molecule has 198 valence electrons. The Morgan fingerprint density at radius 3 is 1.47 bits per heavy atom. The van der Waals surface area contributed by atoms with E-state index >= 15 is 0 Å². The van der Waals surface area contributed by atoms with E-state index in [1.165, 1.54) is 11.8 Å². The summed E-state index contributed by atoms with van der Waals surface area (Å²) in [6.45, 7) is 1.37. The first-order valence-corrected chi connectivity index (χ1v) is 13.2. The van der Waals surface area contributed by atoms with E-state index in [0.29, 0.717) is 11.3 Å². The number of benzene rings is 3. The number of carbonyl (C=O) groups excluding carboxylic acids is 3. The number of hydrogen-bond acceptors (Lipinski definition) is 9. The van der Waals surface area contributed by atoms with Gasteiger partial charge in [-0.15, -0.1) is 11.8 Å². The van der Waals surface area contributed by atoms with Gasteiger partial charge < -0.3 is 24.1 Å². The van der Waals surface area contributed by atoms with E-state index in [0.717, 1.165) is 0 Å². The van der Waals surface area contributed by atoms with Gasteiger partial charge in [-0.2, -0.15) is 0 Å². The summed E-state index contributed by atoms with van der Waals surface area (Å²) in [6, 6.07) is 24.9. The third kappa shape index (κ3) is 6.61. The quantitative estimate of drug-likeness (QED) is 0.319. The summed E-state index contributed by atoms with van der Waals surface area (Å²) in [5, 5.41) is 10.2. The van der Waals surface area contributed by atoms with Gasteiger partial charge in [-0.1, -0.05) is 61.5 Å². The Labute approximate surface area is 224 Å². The van der Waals surface area contributed by atoms with Crippen LogP contribution < -0.4 is 0 Å². The summed E-state index contributed by atoms with van der Waals surface area (Å²) in [5.74, 6) is -1.47. The minimum Gasteiger partial charge on any atom is -0.452 e. The summed E-state index contributed by atoms with van der Waals surface area (Å²) in [5.41, 5.74) is 0.0220. The van der Waals surface area contributed by atoms with E-state index in [2.05, 4.69) is 0 Å². The topological polar surface area (TPSA) is 108 Å². The number of ether oxygens (including phenoxy) is 4.